The molecule has 1 aromatic rings. The van der Waals surface area contributed by atoms with Crippen LogP contribution in [0.5, 0.6) is 0 Å². The molecule has 0 radical (unpaired) electrons. The van der Waals surface area contributed by atoms with E-state index < -0.39 is 5.67 Å². The van der Waals surface area contributed by atoms with Crippen molar-refractivity contribution in [2.75, 3.05) is 26.2 Å². The Morgan fingerprint density at radius 2 is 2.00 bits per heavy atom. The van der Waals surface area contributed by atoms with E-state index in [0.29, 0.717) is 10.6 Å². The lowest BCUT2D eigenvalue weighted by Crippen LogP contribution is -2.43. The van der Waals surface area contributed by atoms with Gasteiger partial charge in [-0.25, -0.2) is 4.39 Å². The second kappa shape index (κ2) is 5.55. The largest absolute Gasteiger partial charge is 0.314 e. The van der Waals surface area contributed by atoms with Crippen LogP contribution in [0.15, 0.2) is 18.2 Å². The van der Waals surface area contributed by atoms with Gasteiger partial charge in [-0.05, 0) is 25.5 Å². The number of alkyl halides is 1. The number of hydrogen-bond acceptors (Lipinski definition) is 2. The van der Waals surface area contributed by atoms with Gasteiger partial charge in [-0.2, -0.15) is 0 Å². The van der Waals surface area contributed by atoms with Crippen molar-refractivity contribution in [2.24, 2.45) is 0 Å². The zero-order valence-electron chi connectivity index (χ0n) is 11.0. The summed E-state index contributed by atoms with van der Waals surface area (Å²) in [7, 11) is 0. The van der Waals surface area contributed by atoms with E-state index in [4.69, 9.17) is 11.6 Å². The fourth-order valence-electron chi connectivity index (χ4n) is 2.48. The molecule has 1 heterocycles. The average Bonchev–Trinajstić information content (AvgIpc) is 2.28. The van der Waals surface area contributed by atoms with Crippen molar-refractivity contribution in [3.8, 4) is 0 Å². The van der Waals surface area contributed by atoms with Crippen molar-refractivity contribution >= 4 is 11.6 Å². The molecule has 0 atom stereocenters. The van der Waals surface area contributed by atoms with E-state index in [9.17, 15) is 4.39 Å². The summed E-state index contributed by atoms with van der Waals surface area (Å²) in [5, 5.41) is 3.84. The number of halogens is 2. The normalized spacial score (nSPS) is 18.0. The lowest BCUT2D eigenvalue weighted by Gasteiger charge is -2.29. The van der Waals surface area contributed by atoms with Crippen molar-refractivity contribution in [3.63, 3.8) is 0 Å². The molecule has 1 aliphatic rings. The molecule has 0 unspecified atom stereocenters. The summed E-state index contributed by atoms with van der Waals surface area (Å²) in [6.45, 7) is 7.89. The van der Waals surface area contributed by atoms with E-state index >= 15 is 0 Å². The quantitative estimate of drug-likeness (QED) is 0.909. The van der Waals surface area contributed by atoms with Gasteiger partial charge in [-0.3, -0.25) is 4.90 Å². The molecule has 1 N–H and O–H groups in total. The minimum absolute atomic E-state index is 0.523. The van der Waals surface area contributed by atoms with Gasteiger partial charge in [0.15, 0.2) is 0 Å². The van der Waals surface area contributed by atoms with Crippen LogP contribution in [0.1, 0.15) is 25.0 Å². The smallest absolute Gasteiger partial charge is 0.132 e. The Bertz CT molecular complexity index is 409. The van der Waals surface area contributed by atoms with Gasteiger partial charge in [0.05, 0.1) is 0 Å². The molecule has 0 bridgehead atoms. The van der Waals surface area contributed by atoms with Crippen molar-refractivity contribution < 1.29 is 4.39 Å². The topological polar surface area (TPSA) is 15.3 Å². The van der Waals surface area contributed by atoms with Crippen LogP contribution >= 0.6 is 11.6 Å². The number of benzene rings is 1. The summed E-state index contributed by atoms with van der Waals surface area (Å²) in [6, 6.07) is 5.64. The number of rotatable bonds is 3. The maximum absolute atomic E-state index is 14.3. The Hall–Kier alpha value is -0.640. The number of nitrogens with zero attached hydrogens (tertiary/aromatic N) is 1. The van der Waals surface area contributed by atoms with Crippen LogP contribution in [0.25, 0.3) is 0 Å². The van der Waals surface area contributed by atoms with Gasteiger partial charge in [0, 0.05) is 43.3 Å². The molecule has 1 fully saturated rings. The van der Waals surface area contributed by atoms with Crippen LogP contribution in [0.4, 0.5) is 4.39 Å². The molecule has 0 aliphatic carbocycles. The monoisotopic (exact) mass is 270 g/mol. The number of piperazine rings is 1. The summed E-state index contributed by atoms with van der Waals surface area (Å²) >= 11 is 6.16. The van der Waals surface area contributed by atoms with Gasteiger partial charge >= 0.3 is 0 Å². The van der Waals surface area contributed by atoms with E-state index in [-0.39, 0.29) is 0 Å². The van der Waals surface area contributed by atoms with Crippen LogP contribution in [0.2, 0.25) is 5.02 Å². The molecular formula is C14H20ClFN2. The third-order valence-electron chi connectivity index (χ3n) is 3.30. The first-order chi connectivity index (χ1) is 8.48. The minimum atomic E-state index is -1.40. The highest BCUT2D eigenvalue weighted by atomic mass is 35.5. The Labute approximate surface area is 113 Å². The first kappa shape index (κ1) is 13.8. The first-order valence-corrected chi connectivity index (χ1v) is 6.76. The van der Waals surface area contributed by atoms with Gasteiger partial charge in [0.1, 0.15) is 5.67 Å². The van der Waals surface area contributed by atoms with Crippen molar-refractivity contribution in [3.05, 3.63) is 34.3 Å². The first-order valence-electron chi connectivity index (χ1n) is 6.38. The molecule has 2 rings (SSSR count). The molecule has 18 heavy (non-hydrogen) atoms. The Kier molecular flexibility index (Phi) is 4.25. The molecule has 0 aromatic heterocycles. The zero-order valence-corrected chi connectivity index (χ0v) is 11.7. The lowest BCUT2D eigenvalue weighted by molar-refractivity contribution is 0.207. The van der Waals surface area contributed by atoms with Gasteiger partial charge in [-0.1, -0.05) is 23.7 Å². The molecule has 1 aromatic carbocycles. The summed E-state index contributed by atoms with van der Waals surface area (Å²) in [5.74, 6) is 0. The Balaban J connectivity index is 2.24. The van der Waals surface area contributed by atoms with Gasteiger partial charge < -0.3 is 5.32 Å². The second-order valence-electron chi connectivity index (χ2n) is 5.27. The molecule has 100 valence electrons. The van der Waals surface area contributed by atoms with E-state index in [0.717, 1.165) is 38.3 Å². The highest BCUT2D eigenvalue weighted by Gasteiger charge is 2.26. The highest BCUT2D eigenvalue weighted by molar-refractivity contribution is 6.31. The summed E-state index contributed by atoms with van der Waals surface area (Å²) in [4.78, 5) is 2.33. The van der Waals surface area contributed by atoms with Crippen LogP contribution in [0, 0.1) is 0 Å². The Morgan fingerprint density at radius 1 is 1.33 bits per heavy atom. The van der Waals surface area contributed by atoms with E-state index in [1.807, 2.05) is 12.1 Å². The Morgan fingerprint density at radius 3 is 2.61 bits per heavy atom. The zero-order chi connectivity index (χ0) is 13.2. The van der Waals surface area contributed by atoms with E-state index in [1.165, 1.54) is 0 Å². The molecule has 1 aliphatic heterocycles. The number of hydrogen-bond donors (Lipinski definition) is 1. The highest BCUT2D eigenvalue weighted by Crippen LogP contribution is 2.34. The van der Waals surface area contributed by atoms with Gasteiger partial charge in [0.2, 0.25) is 0 Å². The van der Waals surface area contributed by atoms with Gasteiger partial charge in [0.25, 0.3) is 0 Å². The predicted molar refractivity (Wildman–Crippen MR) is 73.7 cm³/mol. The fourth-order valence-corrected chi connectivity index (χ4v) is 2.90. The van der Waals surface area contributed by atoms with Crippen molar-refractivity contribution in [2.45, 2.75) is 26.1 Å². The predicted octanol–water partition coefficient (Wildman–Crippen LogP) is 2.95. The van der Waals surface area contributed by atoms with E-state index in [2.05, 4.69) is 10.2 Å². The third kappa shape index (κ3) is 3.22. The van der Waals surface area contributed by atoms with E-state index in [1.54, 1.807) is 19.9 Å². The molecule has 0 saturated carbocycles. The summed E-state index contributed by atoms with van der Waals surface area (Å²) in [6.07, 6.45) is 0. The molecule has 1 saturated heterocycles. The molecular weight excluding hydrogens is 251 g/mol. The summed E-state index contributed by atoms with van der Waals surface area (Å²) < 4.78 is 14.3. The molecule has 0 spiro atoms. The van der Waals surface area contributed by atoms with Crippen LogP contribution in [-0.4, -0.2) is 31.1 Å². The SMILES string of the molecule is CC(C)(F)c1c(Cl)cccc1CN1CCNCC1. The maximum Gasteiger partial charge on any atom is 0.132 e. The van der Waals surface area contributed by atoms with Crippen LogP contribution in [0.3, 0.4) is 0 Å². The lowest BCUT2D eigenvalue weighted by atomic mass is 9.94. The van der Waals surface area contributed by atoms with Crippen molar-refractivity contribution in [1.82, 2.24) is 10.2 Å². The third-order valence-corrected chi connectivity index (χ3v) is 3.61. The van der Waals surface area contributed by atoms with Crippen molar-refractivity contribution in [1.29, 1.82) is 0 Å². The molecule has 2 nitrogen and oxygen atoms in total. The molecule has 0 amide bonds. The number of nitrogens with one attached hydrogen (secondary N) is 1. The second-order valence-corrected chi connectivity index (χ2v) is 5.68. The fraction of sp³-hybridized carbons (Fsp3) is 0.571. The van der Waals surface area contributed by atoms with Gasteiger partial charge in [-0.15, -0.1) is 0 Å². The minimum Gasteiger partial charge on any atom is -0.314 e. The average molecular weight is 271 g/mol. The van der Waals surface area contributed by atoms with Crippen LogP contribution in [-0.2, 0) is 12.2 Å². The standard InChI is InChI=1S/C14H20ClFN2/c1-14(2,16)13-11(4-3-5-12(13)15)10-18-8-6-17-7-9-18/h3-5,17H,6-10H2,1-2H3. The summed E-state index contributed by atoms with van der Waals surface area (Å²) in [5.41, 5.74) is 0.226. The van der Waals surface area contributed by atoms with Crippen LogP contribution < -0.4 is 5.32 Å². The molecule has 4 heteroatoms. The maximum atomic E-state index is 14.3.